The second-order valence-electron chi connectivity index (χ2n) is 5.18. The highest BCUT2D eigenvalue weighted by Crippen LogP contribution is 2.24. The smallest absolute Gasteiger partial charge is 0.120 e. The number of hydrogen-bond donors (Lipinski definition) is 2. The van der Waals surface area contributed by atoms with Crippen LogP contribution < -0.4 is 10.1 Å². The van der Waals surface area contributed by atoms with Crippen molar-refractivity contribution in [3.63, 3.8) is 0 Å². The van der Waals surface area contributed by atoms with Gasteiger partial charge in [-0.1, -0.05) is 41.9 Å². The highest BCUT2D eigenvalue weighted by atomic mass is 79.9. The van der Waals surface area contributed by atoms with E-state index in [9.17, 15) is 5.11 Å². The van der Waals surface area contributed by atoms with Gasteiger partial charge in [0.25, 0.3) is 0 Å². The van der Waals surface area contributed by atoms with E-state index in [-0.39, 0.29) is 0 Å². The molecule has 0 radical (unpaired) electrons. The molecule has 0 aliphatic carbocycles. The molecule has 0 spiro atoms. The summed E-state index contributed by atoms with van der Waals surface area (Å²) in [6.45, 7) is 4.93. The SMILES string of the molecule is CC(C)NCC(O)COc1ccc2cc(Br)ccc2c1. The number of ether oxygens (including phenoxy) is 1. The molecule has 0 saturated heterocycles. The number of hydrogen-bond acceptors (Lipinski definition) is 3. The molecule has 0 fully saturated rings. The Morgan fingerprint density at radius 2 is 1.85 bits per heavy atom. The molecule has 108 valence electrons. The topological polar surface area (TPSA) is 41.5 Å². The van der Waals surface area contributed by atoms with Gasteiger partial charge in [-0.05, 0) is 35.0 Å². The Kier molecular flexibility index (Phi) is 5.40. The van der Waals surface area contributed by atoms with E-state index in [0.29, 0.717) is 19.2 Å². The lowest BCUT2D eigenvalue weighted by molar-refractivity contribution is 0.105. The van der Waals surface area contributed by atoms with Crippen molar-refractivity contribution in [2.24, 2.45) is 0 Å². The van der Waals surface area contributed by atoms with Crippen LogP contribution in [0.4, 0.5) is 0 Å². The van der Waals surface area contributed by atoms with Gasteiger partial charge in [0.15, 0.2) is 0 Å². The lowest BCUT2D eigenvalue weighted by Gasteiger charge is -2.15. The van der Waals surface area contributed by atoms with E-state index in [4.69, 9.17) is 4.74 Å². The minimum absolute atomic E-state index is 0.293. The van der Waals surface area contributed by atoms with Gasteiger partial charge in [-0.15, -0.1) is 0 Å². The van der Waals surface area contributed by atoms with Gasteiger partial charge in [0.1, 0.15) is 18.5 Å². The first-order valence-corrected chi connectivity index (χ1v) is 7.57. The normalized spacial score (nSPS) is 12.8. The zero-order valence-corrected chi connectivity index (χ0v) is 13.4. The molecule has 2 N–H and O–H groups in total. The van der Waals surface area contributed by atoms with Crippen LogP contribution in [0, 0.1) is 0 Å². The summed E-state index contributed by atoms with van der Waals surface area (Å²) in [7, 11) is 0. The predicted octanol–water partition coefficient (Wildman–Crippen LogP) is 3.34. The third-order valence-corrected chi connectivity index (χ3v) is 3.47. The van der Waals surface area contributed by atoms with Gasteiger partial charge in [-0.25, -0.2) is 0 Å². The van der Waals surface area contributed by atoms with E-state index in [2.05, 4.69) is 41.2 Å². The quantitative estimate of drug-likeness (QED) is 0.849. The first kappa shape index (κ1) is 15.3. The zero-order valence-electron chi connectivity index (χ0n) is 11.8. The van der Waals surface area contributed by atoms with Gasteiger partial charge in [0.05, 0.1) is 0 Å². The number of rotatable bonds is 6. The molecular formula is C16H20BrNO2. The molecule has 0 amide bonds. The largest absolute Gasteiger partial charge is 0.491 e. The molecule has 20 heavy (non-hydrogen) atoms. The Labute approximate surface area is 128 Å². The van der Waals surface area contributed by atoms with Crippen molar-refractivity contribution in [3.05, 3.63) is 40.9 Å². The van der Waals surface area contributed by atoms with Crippen molar-refractivity contribution in [2.75, 3.05) is 13.2 Å². The molecule has 0 aliphatic rings. The number of halogens is 1. The van der Waals surface area contributed by atoms with Gasteiger partial charge in [0.2, 0.25) is 0 Å². The van der Waals surface area contributed by atoms with Crippen LogP contribution in [0.1, 0.15) is 13.8 Å². The van der Waals surface area contributed by atoms with Gasteiger partial charge in [-0.3, -0.25) is 0 Å². The minimum Gasteiger partial charge on any atom is -0.491 e. The van der Waals surface area contributed by atoms with Crippen molar-refractivity contribution in [3.8, 4) is 5.75 Å². The van der Waals surface area contributed by atoms with Crippen LogP contribution in [0.5, 0.6) is 5.75 Å². The zero-order chi connectivity index (χ0) is 14.5. The molecule has 0 aliphatic heterocycles. The average molecular weight is 338 g/mol. The number of aliphatic hydroxyl groups excluding tert-OH is 1. The fourth-order valence-corrected chi connectivity index (χ4v) is 2.29. The lowest BCUT2D eigenvalue weighted by Crippen LogP contribution is -2.35. The third kappa shape index (κ3) is 4.47. The Morgan fingerprint density at radius 1 is 1.15 bits per heavy atom. The van der Waals surface area contributed by atoms with E-state index >= 15 is 0 Å². The highest BCUT2D eigenvalue weighted by Gasteiger charge is 2.06. The van der Waals surface area contributed by atoms with E-state index in [1.165, 1.54) is 0 Å². The van der Waals surface area contributed by atoms with Crippen LogP contribution in [-0.4, -0.2) is 30.4 Å². The summed E-state index contributed by atoms with van der Waals surface area (Å²) in [6, 6.07) is 12.4. The fraction of sp³-hybridized carbons (Fsp3) is 0.375. The van der Waals surface area contributed by atoms with E-state index in [1.54, 1.807) is 0 Å². The molecule has 1 unspecified atom stereocenters. The third-order valence-electron chi connectivity index (χ3n) is 2.98. The van der Waals surface area contributed by atoms with Crippen molar-refractivity contribution in [1.29, 1.82) is 0 Å². The van der Waals surface area contributed by atoms with Crippen molar-refractivity contribution < 1.29 is 9.84 Å². The van der Waals surface area contributed by atoms with Crippen LogP contribution >= 0.6 is 15.9 Å². The summed E-state index contributed by atoms with van der Waals surface area (Å²) in [5.41, 5.74) is 0. The number of nitrogens with one attached hydrogen (secondary N) is 1. The predicted molar refractivity (Wildman–Crippen MR) is 86.3 cm³/mol. The maximum Gasteiger partial charge on any atom is 0.120 e. The van der Waals surface area contributed by atoms with Crippen molar-refractivity contribution in [1.82, 2.24) is 5.32 Å². The van der Waals surface area contributed by atoms with E-state index in [0.717, 1.165) is 21.0 Å². The Balaban J connectivity index is 1.94. The summed E-state index contributed by atoms with van der Waals surface area (Å²) in [6.07, 6.45) is -0.502. The molecule has 2 aromatic carbocycles. The number of fused-ring (bicyclic) bond motifs is 1. The molecule has 0 heterocycles. The van der Waals surface area contributed by atoms with E-state index in [1.807, 2.05) is 30.3 Å². The van der Waals surface area contributed by atoms with Crippen LogP contribution in [-0.2, 0) is 0 Å². The molecule has 2 aromatic rings. The molecule has 0 bridgehead atoms. The maximum atomic E-state index is 9.82. The highest BCUT2D eigenvalue weighted by molar-refractivity contribution is 9.10. The molecule has 0 aromatic heterocycles. The number of aliphatic hydroxyl groups is 1. The summed E-state index contributed by atoms with van der Waals surface area (Å²) in [4.78, 5) is 0. The Bertz CT molecular complexity index is 571. The molecule has 3 nitrogen and oxygen atoms in total. The van der Waals surface area contributed by atoms with Crippen LogP contribution in [0.25, 0.3) is 10.8 Å². The second kappa shape index (κ2) is 7.07. The molecule has 2 rings (SSSR count). The maximum absolute atomic E-state index is 9.82. The van der Waals surface area contributed by atoms with Gasteiger partial charge in [-0.2, -0.15) is 0 Å². The monoisotopic (exact) mass is 337 g/mol. The van der Waals surface area contributed by atoms with Crippen LogP contribution in [0.15, 0.2) is 40.9 Å². The average Bonchev–Trinajstić information content (AvgIpc) is 2.42. The number of benzene rings is 2. The van der Waals surface area contributed by atoms with Gasteiger partial charge in [0, 0.05) is 17.1 Å². The molecule has 4 heteroatoms. The van der Waals surface area contributed by atoms with Crippen LogP contribution in [0.2, 0.25) is 0 Å². The molecule has 0 saturated carbocycles. The molecule has 1 atom stereocenters. The van der Waals surface area contributed by atoms with Crippen molar-refractivity contribution >= 4 is 26.7 Å². The first-order chi connectivity index (χ1) is 9.54. The van der Waals surface area contributed by atoms with Crippen LogP contribution in [0.3, 0.4) is 0 Å². The van der Waals surface area contributed by atoms with Crippen molar-refractivity contribution in [2.45, 2.75) is 26.0 Å². The lowest BCUT2D eigenvalue weighted by atomic mass is 10.1. The summed E-state index contributed by atoms with van der Waals surface area (Å²) >= 11 is 3.46. The molecular weight excluding hydrogens is 318 g/mol. The fourth-order valence-electron chi connectivity index (χ4n) is 1.91. The summed E-state index contributed by atoms with van der Waals surface area (Å²) < 4.78 is 6.70. The minimum atomic E-state index is -0.502. The van der Waals surface area contributed by atoms with Gasteiger partial charge >= 0.3 is 0 Å². The van der Waals surface area contributed by atoms with E-state index < -0.39 is 6.10 Å². The Morgan fingerprint density at radius 3 is 2.60 bits per heavy atom. The second-order valence-corrected chi connectivity index (χ2v) is 6.10. The first-order valence-electron chi connectivity index (χ1n) is 6.78. The summed E-state index contributed by atoms with van der Waals surface area (Å²) in [5.74, 6) is 0.781. The Hall–Kier alpha value is -1.10. The standard InChI is InChI=1S/C16H20BrNO2/c1-11(2)18-9-15(19)10-20-16-6-4-12-7-14(17)5-3-13(12)8-16/h3-8,11,15,18-19H,9-10H2,1-2H3. The summed E-state index contributed by atoms with van der Waals surface area (Å²) in [5, 5.41) is 15.3. The van der Waals surface area contributed by atoms with Gasteiger partial charge < -0.3 is 15.2 Å².